The van der Waals surface area contributed by atoms with Gasteiger partial charge in [0.25, 0.3) is 0 Å². The van der Waals surface area contributed by atoms with Crippen LogP contribution in [0.5, 0.6) is 0 Å². The van der Waals surface area contributed by atoms with Gasteiger partial charge in [0.15, 0.2) is 0 Å². The number of thiazole rings is 1. The van der Waals surface area contributed by atoms with Gasteiger partial charge in [-0.1, -0.05) is 18.2 Å². The molecule has 0 radical (unpaired) electrons. The van der Waals surface area contributed by atoms with Gasteiger partial charge in [-0.25, -0.2) is 4.98 Å². The van der Waals surface area contributed by atoms with E-state index in [9.17, 15) is 0 Å². The van der Waals surface area contributed by atoms with Gasteiger partial charge in [-0.2, -0.15) is 0 Å². The molecule has 0 spiro atoms. The molecular weight excluding hydrogens is 252 g/mol. The number of aromatic nitrogens is 1. The van der Waals surface area contributed by atoms with Crippen molar-refractivity contribution in [2.24, 2.45) is 5.73 Å². The number of hydrogen-bond acceptors (Lipinski definition) is 3. The molecule has 0 fully saturated rings. The molecular formula is C16H20N2S. The van der Waals surface area contributed by atoms with Crippen LogP contribution in [-0.2, 0) is 19.3 Å². The molecule has 1 aliphatic carbocycles. The monoisotopic (exact) mass is 272 g/mol. The standard InChI is InChI=1S/C16H20N2S/c1-10-11(2)19-16(18-10)9-15(17)14-7-6-12-4-3-5-13(12)8-14/h6-8,15H,3-5,9,17H2,1-2H3. The highest BCUT2D eigenvalue weighted by atomic mass is 32.1. The Morgan fingerprint density at radius 3 is 2.79 bits per heavy atom. The Hall–Kier alpha value is -1.19. The van der Waals surface area contributed by atoms with Gasteiger partial charge in [0.05, 0.1) is 10.7 Å². The molecule has 0 saturated carbocycles. The third-order valence-electron chi connectivity index (χ3n) is 4.02. The van der Waals surface area contributed by atoms with Crippen molar-refractivity contribution >= 4 is 11.3 Å². The predicted molar refractivity (Wildman–Crippen MR) is 80.7 cm³/mol. The quantitative estimate of drug-likeness (QED) is 0.929. The van der Waals surface area contributed by atoms with Crippen LogP contribution < -0.4 is 5.73 Å². The smallest absolute Gasteiger partial charge is 0.0949 e. The first-order valence-electron chi connectivity index (χ1n) is 6.93. The van der Waals surface area contributed by atoms with E-state index in [-0.39, 0.29) is 6.04 Å². The molecule has 3 heteroatoms. The van der Waals surface area contributed by atoms with Crippen molar-refractivity contribution in [2.45, 2.75) is 45.6 Å². The minimum atomic E-state index is 0.0656. The Morgan fingerprint density at radius 1 is 1.26 bits per heavy atom. The Balaban J connectivity index is 1.78. The van der Waals surface area contributed by atoms with Crippen molar-refractivity contribution in [3.05, 3.63) is 50.5 Å². The van der Waals surface area contributed by atoms with Crippen LogP contribution in [0.15, 0.2) is 18.2 Å². The Morgan fingerprint density at radius 2 is 2.05 bits per heavy atom. The molecule has 1 atom stereocenters. The molecule has 1 heterocycles. The molecule has 0 aliphatic heterocycles. The zero-order valence-electron chi connectivity index (χ0n) is 11.6. The maximum Gasteiger partial charge on any atom is 0.0949 e. The van der Waals surface area contributed by atoms with Crippen LogP contribution in [-0.4, -0.2) is 4.98 Å². The lowest BCUT2D eigenvalue weighted by Gasteiger charge is -2.12. The molecule has 0 saturated heterocycles. The van der Waals surface area contributed by atoms with Gasteiger partial charge in [0, 0.05) is 17.3 Å². The Labute approximate surface area is 118 Å². The summed E-state index contributed by atoms with van der Waals surface area (Å²) in [7, 11) is 0. The van der Waals surface area contributed by atoms with E-state index >= 15 is 0 Å². The average molecular weight is 272 g/mol. The summed E-state index contributed by atoms with van der Waals surface area (Å²) in [6.45, 7) is 4.19. The molecule has 3 rings (SSSR count). The first kappa shape index (κ1) is 12.8. The zero-order chi connectivity index (χ0) is 13.4. The highest BCUT2D eigenvalue weighted by molar-refractivity contribution is 7.11. The first-order chi connectivity index (χ1) is 9.13. The molecule has 1 unspecified atom stereocenters. The van der Waals surface area contributed by atoms with Crippen molar-refractivity contribution in [2.75, 3.05) is 0 Å². The van der Waals surface area contributed by atoms with E-state index in [1.54, 1.807) is 11.3 Å². The van der Waals surface area contributed by atoms with Gasteiger partial charge < -0.3 is 5.73 Å². The summed E-state index contributed by atoms with van der Waals surface area (Å²) in [5, 5.41) is 1.16. The highest BCUT2D eigenvalue weighted by Gasteiger charge is 2.15. The number of aryl methyl sites for hydroxylation is 4. The van der Waals surface area contributed by atoms with Gasteiger partial charge in [-0.3, -0.25) is 0 Å². The molecule has 2 nitrogen and oxygen atoms in total. The fourth-order valence-electron chi connectivity index (χ4n) is 2.75. The van der Waals surface area contributed by atoms with Crippen molar-refractivity contribution in [3.8, 4) is 0 Å². The van der Waals surface area contributed by atoms with E-state index < -0.39 is 0 Å². The van der Waals surface area contributed by atoms with E-state index in [0.29, 0.717) is 0 Å². The minimum absolute atomic E-state index is 0.0656. The van der Waals surface area contributed by atoms with Gasteiger partial charge in [0.1, 0.15) is 0 Å². The minimum Gasteiger partial charge on any atom is -0.324 e. The van der Waals surface area contributed by atoms with Crippen LogP contribution in [0.3, 0.4) is 0 Å². The van der Waals surface area contributed by atoms with Crippen molar-refractivity contribution < 1.29 is 0 Å². The molecule has 0 bridgehead atoms. The summed E-state index contributed by atoms with van der Waals surface area (Å²) in [6.07, 6.45) is 4.58. The SMILES string of the molecule is Cc1nc(CC(N)c2ccc3c(c2)CCC3)sc1C. The van der Waals surface area contributed by atoms with Crippen LogP contribution in [0.4, 0.5) is 0 Å². The van der Waals surface area contributed by atoms with Gasteiger partial charge >= 0.3 is 0 Å². The molecule has 2 aromatic rings. The lowest BCUT2D eigenvalue weighted by atomic mass is 10.00. The van der Waals surface area contributed by atoms with Gasteiger partial charge in [-0.05, 0) is 49.8 Å². The van der Waals surface area contributed by atoms with Crippen LogP contribution >= 0.6 is 11.3 Å². The second-order valence-corrected chi connectivity index (χ2v) is 6.73. The molecule has 100 valence electrons. The van der Waals surface area contributed by atoms with Gasteiger partial charge in [0.2, 0.25) is 0 Å². The van der Waals surface area contributed by atoms with Crippen molar-refractivity contribution in [3.63, 3.8) is 0 Å². The third-order valence-corrected chi connectivity index (χ3v) is 5.11. The molecule has 1 aliphatic rings. The molecule has 19 heavy (non-hydrogen) atoms. The number of fused-ring (bicyclic) bond motifs is 1. The summed E-state index contributed by atoms with van der Waals surface area (Å²) in [5.41, 5.74) is 11.8. The summed E-state index contributed by atoms with van der Waals surface area (Å²) in [6, 6.07) is 6.83. The molecule has 2 N–H and O–H groups in total. The summed E-state index contributed by atoms with van der Waals surface area (Å²) < 4.78 is 0. The maximum atomic E-state index is 6.35. The second kappa shape index (κ2) is 5.06. The number of nitrogens with zero attached hydrogens (tertiary/aromatic N) is 1. The normalized spacial score (nSPS) is 15.5. The number of rotatable bonds is 3. The van der Waals surface area contributed by atoms with Crippen LogP contribution in [0.25, 0.3) is 0 Å². The number of hydrogen-bond donors (Lipinski definition) is 1. The summed E-state index contributed by atoms with van der Waals surface area (Å²) in [5.74, 6) is 0. The van der Waals surface area contributed by atoms with E-state index in [1.807, 2.05) is 0 Å². The molecule has 1 aromatic carbocycles. The van der Waals surface area contributed by atoms with Crippen LogP contribution in [0.2, 0.25) is 0 Å². The largest absolute Gasteiger partial charge is 0.324 e. The average Bonchev–Trinajstić information content (AvgIpc) is 2.96. The zero-order valence-corrected chi connectivity index (χ0v) is 12.4. The second-order valence-electron chi connectivity index (χ2n) is 5.44. The fraction of sp³-hybridized carbons (Fsp3) is 0.438. The number of benzene rings is 1. The van der Waals surface area contributed by atoms with E-state index in [0.717, 1.165) is 17.1 Å². The maximum absolute atomic E-state index is 6.35. The van der Waals surface area contributed by atoms with E-state index in [4.69, 9.17) is 5.73 Å². The predicted octanol–water partition coefficient (Wildman–Crippen LogP) is 3.49. The lowest BCUT2D eigenvalue weighted by molar-refractivity contribution is 0.715. The van der Waals surface area contributed by atoms with Gasteiger partial charge in [-0.15, -0.1) is 11.3 Å². The molecule has 1 aromatic heterocycles. The first-order valence-corrected chi connectivity index (χ1v) is 7.75. The van der Waals surface area contributed by atoms with Crippen molar-refractivity contribution in [1.29, 1.82) is 0 Å². The molecule has 0 amide bonds. The van der Waals surface area contributed by atoms with E-state index in [1.165, 1.54) is 40.8 Å². The lowest BCUT2D eigenvalue weighted by Crippen LogP contribution is -2.13. The van der Waals surface area contributed by atoms with Crippen molar-refractivity contribution in [1.82, 2.24) is 4.98 Å². The summed E-state index contributed by atoms with van der Waals surface area (Å²) >= 11 is 1.77. The Kier molecular flexibility index (Phi) is 3.42. The van der Waals surface area contributed by atoms with E-state index in [2.05, 4.69) is 37.0 Å². The van der Waals surface area contributed by atoms with Crippen LogP contribution in [0, 0.1) is 13.8 Å². The third kappa shape index (κ3) is 2.58. The number of nitrogens with two attached hydrogens (primary N) is 1. The summed E-state index contributed by atoms with van der Waals surface area (Å²) in [4.78, 5) is 5.89. The fourth-order valence-corrected chi connectivity index (χ4v) is 3.75. The van der Waals surface area contributed by atoms with Crippen LogP contribution in [0.1, 0.15) is 44.7 Å². The highest BCUT2D eigenvalue weighted by Crippen LogP contribution is 2.27. The topological polar surface area (TPSA) is 38.9 Å². The Bertz CT molecular complexity index is 581.